The maximum Gasteiger partial charge on any atom is 0.214 e. The highest BCUT2D eigenvalue weighted by atomic mass is 35.5. The van der Waals surface area contributed by atoms with E-state index in [0.717, 1.165) is 11.1 Å². The summed E-state index contributed by atoms with van der Waals surface area (Å²) in [6.07, 6.45) is 0. The summed E-state index contributed by atoms with van der Waals surface area (Å²) in [5.74, 6) is 1.53. The largest absolute Gasteiger partial charge is 0.490 e. The van der Waals surface area contributed by atoms with Gasteiger partial charge in [-0.05, 0) is 55.4 Å². The first kappa shape index (κ1) is 20.2. The van der Waals surface area contributed by atoms with E-state index in [1.807, 2.05) is 19.9 Å². The van der Waals surface area contributed by atoms with Crippen molar-refractivity contribution in [2.75, 3.05) is 12.0 Å². The van der Waals surface area contributed by atoms with Crippen molar-refractivity contribution in [2.45, 2.75) is 27.0 Å². The summed E-state index contributed by atoms with van der Waals surface area (Å²) >= 11 is 11.6. The molecule has 1 aromatic heterocycles. The summed E-state index contributed by atoms with van der Waals surface area (Å²) in [6, 6.07) is 9.69. The van der Waals surface area contributed by atoms with Gasteiger partial charge in [-0.25, -0.2) is 9.07 Å². The molecule has 0 fully saturated rings. The lowest BCUT2D eigenvalue weighted by molar-refractivity contribution is 0.269. The molecule has 0 spiro atoms. The van der Waals surface area contributed by atoms with Crippen molar-refractivity contribution in [2.24, 2.45) is 0 Å². The molecule has 28 heavy (non-hydrogen) atoms. The lowest BCUT2D eigenvalue weighted by Crippen LogP contribution is -2.16. The number of rotatable bonds is 8. The van der Waals surface area contributed by atoms with Gasteiger partial charge < -0.3 is 14.9 Å². The van der Waals surface area contributed by atoms with Gasteiger partial charge in [0.05, 0.1) is 13.2 Å². The molecule has 3 rings (SSSR count). The third kappa shape index (κ3) is 4.82. The lowest BCUT2D eigenvalue weighted by atomic mass is 10.2. The molecule has 0 amide bonds. The van der Waals surface area contributed by atoms with Crippen LogP contribution in [0.3, 0.4) is 0 Å². The van der Waals surface area contributed by atoms with Gasteiger partial charge in [0.25, 0.3) is 0 Å². The van der Waals surface area contributed by atoms with Gasteiger partial charge >= 0.3 is 0 Å². The summed E-state index contributed by atoms with van der Waals surface area (Å²) in [5, 5.41) is 7.29. The van der Waals surface area contributed by atoms with Crippen LogP contribution in [0.4, 0.5) is 4.39 Å². The molecule has 0 unspecified atom stereocenters. The Bertz CT molecular complexity index is 1000. The highest BCUT2D eigenvalue weighted by molar-refractivity contribution is 7.71. The summed E-state index contributed by atoms with van der Waals surface area (Å²) in [7, 11) is 0. The van der Waals surface area contributed by atoms with Crippen LogP contribution in [0.15, 0.2) is 36.4 Å². The first-order chi connectivity index (χ1) is 13.5. The van der Waals surface area contributed by atoms with Crippen LogP contribution in [0.2, 0.25) is 5.02 Å². The zero-order valence-corrected chi connectivity index (χ0v) is 17.0. The Morgan fingerprint density at radius 2 is 1.93 bits per heavy atom. The van der Waals surface area contributed by atoms with Crippen LogP contribution in [0.25, 0.3) is 0 Å². The van der Waals surface area contributed by atoms with Crippen LogP contribution in [0.5, 0.6) is 11.5 Å². The van der Waals surface area contributed by atoms with E-state index < -0.39 is 0 Å². The summed E-state index contributed by atoms with van der Waals surface area (Å²) in [6.45, 7) is 4.90. The molecule has 148 valence electrons. The van der Waals surface area contributed by atoms with Gasteiger partial charge in [0, 0.05) is 11.1 Å². The molecule has 0 atom stereocenters. The van der Waals surface area contributed by atoms with Crippen LogP contribution in [-0.4, -0.2) is 21.5 Å². The molecular weight excluding hydrogens is 403 g/mol. The molecule has 0 radical (unpaired) electrons. The number of aromatic amines is 1. The molecule has 9 heteroatoms. The highest BCUT2D eigenvalue weighted by Crippen LogP contribution is 2.34. The van der Waals surface area contributed by atoms with E-state index in [9.17, 15) is 4.39 Å². The minimum Gasteiger partial charge on any atom is -0.490 e. The van der Waals surface area contributed by atoms with Crippen molar-refractivity contribution in [3.8, 4) is 11.5 Å². The summed E-state index contributed by atoms with van der Waals surface area (Å²) in [5.41, 5.74) is 4.84. The topological polar surface area (TPSA) is 64.1 Å². The SMILES string of the molecule is CCOc1cc(CNn2c(C)n[nH]c2=S)c(Cl)cc1OCc1ccc(F)cc1. The molecule has 3 aromatic rings. The molecule has 0 saturated heterocycles. The Kier molecular flexibility index (Phi) is 6.53. The fraction of sp³-hybridized carbons (Fsp3) is 0.263. The molecule has 1 heterocycles. The van der Waals surface area contributed by atoms with E-state index in [2.05, 4.69) is 15.6 Å². The van der Waals surface area contributed by atoms with E-state index in [4.69, 9.17) is 33.3 Å². The predicted molar refractivity (Wildman–Crippen MR) is 109 cm³/mol. The van der Waals surface area contributed by atoms with Gasteiger partial charge in [-0.2, -0.15) is 5.10 Å². The van der Waals surface area contributed by atoms with Crippen LogP contribution < -0.4 is 14.9 Å². The molecule has 2 aromatic carbocycles. The molecule has 0 bridgehead atoms. The second-order valence-electron chi connectivity index (χ2n) is 5.98. The van der Waals surface area contributed by atoms with E-state index in [1.54, 1.807) is 22.9 Å². The Morgan fingerprint density at radius 1 is 1.21 bits per heavy atom. The summed E-state index contributed by atoms with van der Waals surface area (Å²) in [4.78, 5) is 0. The van der Waals surface area contributed by atoms with Gasteiger partial charge in [0.2, 0.25) is 4.77 Å². The Morgan fingerprint density at radius 3 is 2.57 bits per heavy atom. The van der Waals surface area contributed by atoms with Crippen LogP contribution >= 0.6 is 23.8 Å². The van der Waals surface area contributed by atoms with Crippen LogP contribution in [-0.2, 0) is 13.2 Å². The number of nitrogens with zero attached hydrogens (tertiary/aromatic N) is 2. The number of H-pyrrole nitrogens is 1. The average Bonchev–Trinajstić information content (AvgIpc) is 3.00. The first-order valence-electron chi connectivity index (χ1n) is 8.68. The molecule has 0 aliphatic heterocycles. The van der Waals surface area contributed by atoms with Crippen LogP contribution in [0.1, 0.15) is 23.9 Å². The zero-order valence-electron chi connectivity index (χ0n) is 15.5. The second-order valence-corrected chi connectivity index (χ2v) is 6.78. The standard InChI is InChI=1S/C19H20ClFN4O2S/c1-3-26-17-8-14(10-22-25-12(2)23-24-19(25)28)16(20)9-18(17)27-11-13-4-6-15(21)7-5-13/h4-9,22H,3,10-11H2,1-2H3,(H,24,28). The van der Waals surface area contributed by atoms with Crippen molar-refractivity contribution in [3.05, 3.63) is 69.0 Å². The molecule has 0 aliphatic rings. The number of halogens is 2. The molecular formula is C19H20ClFN4O2S. The van der Waals surface area contributed by atoms with Gasteiger partial charge in [-0.1, -0.05) is 23.7 Å². The van der Waals surface area contributed by atoms with Crippen LogP contribution in [0, 0.1) is 17.5 Å². The van der Waals surface area contributed by atoms with Gasteiger partial charge in [-0.15, -0.1) is 0 Å². The smallest absolute Gasteiger partial charge is 0.214 e. The molecule has 6 nitrogen and oxygen atoms in total. The third-order valence-corrected chi connectivity index (χ3v) is 4.61. The number of aryl methyl sites for hydroxylation is 1. The van der Waals surface area contributed by atoms with E-state index in [1.165, 1.54) is 12.1 Å². The average molecular weight is 423 g/mol. The summed E-state index contributed by atoms with van der Waals surface area (Å²) < 4.78 is 26.7. The van der Waals surface area contributed by atoms with Gasteiger partial charge in [0.1, 0.15) is 18.2 Å². The molecule has 0 saturated carbocycles. The second kappa shape index (κ2) is 9.07. The van der Waals surface area contributed by atoms with Gasteiger partial charge in [0.15, 0.2) is 11.5 Å². The van der Waals surface area contributed by atoms with E-state index in [-0.39, 0.29) is 12.4 Å². The number of hydrogen-bond donors (Lipinski definition) is 2. The quantitative estimate of drug-likeness (QED) is 0.512. The Hall–Kier alpha value is -2.58. The molecule has 0 aliphatic carbocycles. The maximum absolute atomic E-state index is 13.0. The van der Waals surface area contributed by atoms with Crippen molar-refractivity contribution in [1.82, 2.24) is 14.9 Å². The fourth-order valence-electron chi connectivity index (χ4n) is 2.56. The Labute approximate surface area is 172 Å². The number of aromatic nitrogens is 3. The van der Waals surface area contributed by atoms with E-state index >= 15 is 0 Å². The lowest BCUT2D eigenvalue weighted by Gasteiger charge is -2.16. The van der Waals surface area contributed by atoms with Crippen molar-refractivity contribution < 1.29 is 13.9 Å². The maximum atomic E-state index is 13.0. The third-order valence-electron chi connectivity index (χ3n) is 3.99. The zero-order chi connectivity index (χ0) is 20.1. The monoisotopic (exact) mass is 422 g/mol. The number of ether oxygens (including phenoxy) is 2. The highest BCUT2D eigenvalue weighted by Gasteiger charge is 2.12. The predicted octanol–water partition coefficient (Wildman–Crippen LogP) is 4.76. The van der Waals surface area contributed by atoms with Crippen molar-refractivity contribution >= 4 is 23.8 Å². The van der Waals surface area contributed by atoms with Crippen molar-refractivity contribution in [1.29, 1.82) is 0 Å². The minimum absolute atomic E-state index is 0.275. The van der Waals surface area contributed by atoms with Gasteiger partial charge in [-0.3, -0.25) is 5.10 Å². The van der Waals surface area contributed by atoms with E-state index in [0.29, 0.717) is 40.3 Å². The van der Waals surface area contributed by atoms with Crippen molar-refractivity contribution in [3.63, 3.8) is 0 Å². The fourth-order valence-corrected chi connectivity index (χ4v) is 3.02. The number of nitrogens with one attached hydrogen (secondary N) is 2. The number of hydrogen-bond acceptors (Lipinski definition) is 5. The normalized spacial score (nSPS) is 10.7. The minimum atomic E-state index is -0.286. The first-order valence-corrected chi connectivity index (χ1v) is 9.47. The number of benzene rings is 2. The molecule has 2 N–H and O–H groups in total. The Balaban J connectivity index is 1.77.